The molecule has 0 bridgehead atoms. The van der Waals surface area contributed by atoms with Crippen molar-refractivity contribution >= 4 is 40.6 Å². The maximum Gasteiger partial charge on any atom is 0.336 e. The normalized spacial score (nSPS) is 15.9. The standard InChI is InChI=1S/C28H36N4O3S/c1-18(2)17-32(21-8-4-3-5-9-21)25-15-14-20(22-10-6-7-11-23(22)27(34)35)16-24(25)29-28(36)31-30-26(33)19-12-13-19/h6-7,10-11,14-16,18-19,21H,3-5,8-9,12-13,17H2,1-2H3,(H,30,33)(H,34,35)(H2,29,31,36). The number of carboxylic acid groups (broad SMARTS) is 1. The summed E-state index contributed by atoms with van der Waals surface area (Å²) in [6.45, 7) is 5.35. The molecule has 0 radical (unpaired) electrons. The Balaban J connectivity index is 1.68. The Labute approximate surface area is 218 Å². The van der Waals surface area contributed by atoms with Gasteiger partial charge in [0, 0.05) is 18.5 Å². The van der Waals surface area contributed by atoms with E-state index in [0.717, 1.165) is 49.2 Å². The van der Waals surface area contributed by atoms with Crippen LogP contribution in [0.25, 0.3) is 11.1 Å². The van der Waals surface area contributed by atoms with Crippen molar-refractivity contribution in [1.82, 2.24) is 10.9 Å². The molecule has 2 aromatic rings. The third kappa shape index (κ3) is 6.55. The number of thiocarbonyl (C=S) groups is 1. The number of carbonyl (C=O) groups is 2. The van der Waals surface area contributed by atoms with E-state index in [0.29, 0.717) is 22.6 Å². The van der Waals surface area contributed by atoms with Crippen molar-refractivity contribution in [1.29, 1.82) is 0 Å². The Kier molecular flexibility index (Phi) is 8.46. The van der Waals surface area contributed by atoms with Crippen molar-refractivity contribution in [2.75, 3.05) is 16.8 Å². The van der Waals surface area contributed by atoms with Crippen LogP contribution in [-0.4, -0.2) is 34.7 Å². The molecule has 2 saturated carbocycles. The molecule has 0 atom stereocenters. The number of hydrogen-bond donors (Lipinski definition) is 4. The average molecular weight is 509 g/mol. The van der Waals surface area contributed by atoms with Crippen LogP contribution in [0.15, 0.2) is 42.5 Å². The minimum atomic E-state index is -0.965. The van der Waals surface area contributed by atoms with Crippen molar-refractivity contribution in [2.45, 2.75) is 64.8 Å². The summed E-state index contributed by atoms with van der Waals surface area (Å²) in [6.07, 6.45) is 7.84. The summed E-state index contributed by atoms with van der Waals surface area (Å²) in [5.41, 5.74) is 9.04. The van der Waals surface area contributed by atoms with Gasteiger partial charge in [-0.25, -0.2) is 4.79 Å². The molecular formula is C28H36N4O3S. The Morgan fingerprint density at radius 1 is 1.03 bits per heavy atom. The van der Waals surface area contributed by atoms with E-state index in [4.69, 9.17) is 12.2 Å². The Morgan fingerprint density at radius 2 is 1.75 bits per heavy atom. The molecule has 4 N–H and O–H groups in total. The molecule has 2 aliphatic rings. The first-order valence-corrected chi connectivity index (χ1v) is 13.3. The molecule has 192 valence electrons. The van der Waals surface area contributed by atoms with Crippen LogP contribution in [0.5, 0.6) is 0 Å². The molecule has 1 amide bonds. The highest BCUT2D eigenvalue weighted by molar-refractivity contribution is 7.80. The fraction of sp³-hybridized carbons (Fsp3) is 0.464. The second kappa shape index (κ2) is 11.7. The predicted octanol–water partition coefficient (Wildman–Crippen LogP) is 5.57. The second-order valence-corrected chi connectivity index (χ2v) is 10.7. The Bertz CT molecular complexity index is 1110. The molecule has 2 fully saturated rings. The van der Waals surface area contributed by atoms with Gasteiger partial charge in [-0.05, 0) is 73.1 Å². The van der Waals surface area contributed by atoms with Crippen molar-refractivity contribution in [3.63, 3.8) is 0 Å². The SMILES string of the molecule is CC(C)CN(c1ccc(-c2ccccc2C(=O)O)cc1NC(=S)NNC(=O)C1CC1)C1CCCCC1. The average Bonchev–Trinajstić information content (AvgIpc) is 3.72. The minimum Gasteiger partial charge on any atom is -0.478 e. The number of hydrogen-bond acceptors (Lipinski definition) is 4. The number of amides is 1. The third-order valence-electron chi connectivity index (χ3n) is 6.85. The van der Waals surface area contributed by atoms with Gasteiger partial charge in [0.25, 0.3) is 0 Å². The summed E-state index contributed by atoms with van der Waals surface area (Å²) in [6, 6.07) is 13.5. The van der Waals surface area contributed by atoms with E-state index < -0.39 is 5.97 Å². The number of anilines is 2. The zero-order chi connectivity index (χ0) is 25.7. The van der Waals surface area contributed by atoms with E-state index >= 15 is 0 Å². The van der Waals surface area contributed by atoms with E-state index in [1.54, 1.807) is 12.1 Å². The first kappa shape index (κ1) is 25.9. The van der Waals surface area contributed by atoms with Gasteiger partial charge in [-0.2, -0.15) is 0 Å². The number of nitrogens with one attached hydrogen (secondary N) is 3. The van der Waals surface area contributed by atoms with Gasteiger partial charge in [0.2, 0.25) is 5.91 Å². The van der Waals surface area contributed by atoms with Gasteiger partial charge in [-0.15, -0.1) is 0 Å². The Morgan fingerprint density at radius 3 is 2.42 bits per heavy atom. The van der Waals surface area contributed by atoms with Gasteiger partial charge in [0.05, 0.1) is 16.9 Å². The molecular weight excluding hydrogens is 472 g/mol. The van der Waals surface area contributed by atoms with Crippen molar-refractivity contribution < 1.29 is 14.7 Å². The number of carboxylic acids is 1. The van der Waals surface area contributed by atoms with E-state index in [2.05, 4.69) is 41.0 Å². The molecule has 0 aromatic heterocycles. The van der Waals surface area contributed by atoms with Crippen molar-refractivity contribution in [2.24, 2.45) is 11.8 Å². The van der Waals surface area contributed by atoms with Crippen LogP contribution >= 0.6 is 12.2 Å². The zero-order valence-electron chi connectivity index (χ0n) is 21.0. The molecule has 0 unspecified atom stereocenters. The van der Waals surface area contributed by atoms with Crippen LogP contribution in [0.4, 0.5) is 11.4 Å². The minimum absolute atomic E-state index is 0.0489. The smallest absolute Gasteiger partial charge is 0.336 e. The van der Waals surface area contributed by atoms with Crippen LogP contribution in [0.1, 0.15) is 69.2 Å². The maximum atomic E-state index is 12.1. The molecule has 7 nitrogen and oxygen atoms in total. The highest BCUT2D eigenvalue weighted by Crippen LogP contribution is 2.37. The lowest BCUT2D eigenvalue weighted by atomic mass is 9.92. The van der Waals surface area contributed by atoms with Crippen LogP contribution in [0.3, 0.4) is 0 Å². The lowest BCUT2D eigenvalue weighted by Gasteiger charge is -2.38. The van der Waals surface area contributed by atoms with E-state index in [-0.39, 0.29) is 17.4 Å². The van der Waals surface area contributed by atoms with Crippen LogP contribution < -0.4 is 21.1 Å². The van der Waals surface area contributed by atoms with Crippen molar-refractivity contribution in [3.8, 4) is 11.1 Å². The van der Waals surface area contributed by atoms with Crippen LogP contribution in [0, 0.1) is 11.8 Å². The largest absolute Gasteiger partial charge is 0.478 e. The monoisotopic (exact) mass is 508 g/mol. The first-order valence-electron chi connectivity index (χ1n) is 12.9. The molecule has 0 saturated heterocycles. The summed E-state index contributed by atoms with van der Waals surface area (Å²) in [4.78, 5) is 26.4. The second-order valence-electron chi connectivity index (χ2n) is 10.3. The Hall–Kier alpha value is -3.13. The van der Waals surface area contributed by atoms with E-state index in [9.17, 15) is 14.7 Å². The van der Waals surface area contributed by atoms with Gasteiger partial charge in [-0.3, -0.25) is 15.6 Å². The van der Waals surface area contributed by atoms with Crippen LogP contribution in [-0.2, 0) is 4.79 Å². The fourth-order valence-corrected chi connectivity index (χ4v) is 5.09. The summed E-state index contributed by atoms with van der Waals surface area (Å²) in [5.74, 6) is -0.477. The third-order valence-corrected chi connectivity index (χ3v) is 7.05. The highest BCUT2D eigenvalue weighted by Gasteiger charge is 2.30. The molecule has 0 aliphatic heterocycles. The number of carbonyl (C=O) groups excluding carboxylic acids is 1. The topological polar surface area (TPSA) is 93.7 Å². The quantitative estimate of drug-likeness (QED) is 0.273. The van der Waals surface area contributed by atoms with Gasteiger partial charge >= 0.3 is 5.97 Å². The lowest BCUT2D eigenvalue weighted by Crippen LogP contribution is -2.45. The molecule has 2 aromatic carbocycles. The van der Waals surface area contributed by atoms with Crippen molar-refractivity contribution in [3.05, 3.63) is 48.0 Å². The number of aromatic carboxylic acids is 1. The summed E-state index contributed by atoms with van der Waals surface area (Å²) < 4.78 is 0. The van der Waals surface area contributed by atoms with Gasteiger partial charge < -0.3 is 15.3 Å². The predicted molar refractivity (Wildman–Crippen MR) is 148 cm³/mol. The highest BCUT2D eigenvalue weighted by atomic mass is 32.1. The summed E-state index contributed by atoms with van der Waals surface area (Å²) in [5, 5.41) is 13.3. The number of rotatable bonds is 8. The van der Waals surface area contributed by atoms with Crippen LogP contribution in [0.2, 0.25) is 0 Å². The molecule has 4 rings (SSSR count). The molecule has 2 aliphatic carbocycles. The van der Waals surface area contributed by atoms with Gasteiger partial charge in [0.15, 0.2) is 5.11 Å². The number of nitrogens with zero attached hydrogens (tertiary/aromatic N) is 1. The number of hydrazine groups is 1. The first-order chi connectivity index (χ1) is 17.3. The summed E-state index contributed by atoms with van der Waals surface area (Å²) >= 11 is 5.53. The zero-order valence-corrected chi connectivity index (χ0v) is 21.9. The summed E-state index contributed by atoms with van der Waals surface area (Å²) in [7, 11) is 0. The molecule has 0 spiro atoms. The maximum absolute atomic E-state index is 12.1. The lowest BCUT2D eigenvalue weighted by molar-refractivity contribution is -0.122. The van der Waals surface area contributed by atoms with Gasteiger partial charge in [-0.1, -0.05) is 57.4 Å². The van der Waals surface area contributed by atoms with Gasteiger partial charge in [0.1, 0.15) is 0 Å². The molecule has 36 heavy (non-hydrogen) atoms. The molecule has 8 heteroatoms. The fourth-order valence-electron chi connectivity index (χ4n) is 4.93. The molecule has 0 heterocycles. The van der Waals surface area contributed by atoms with E-state index in [1.165, 1.54) is 19.3 Å². The number of benzene rings is 2. The van der Waals surface area contributed by atoms with E-state index in [1.807, 2.05) is 24.3 Å².